The van der Waals surface area contributed by atoms with Crippen molar-refractivity contribution in [3.63, 3.8) is 0 Å². The Bertz CT molecular complexity index is 634. The van der Waals surface area contributed by atoms with E-state index in [1.165, 1.54) is 6.07 Å². The van der Waals surface area contributed by atoms with E-state index in [9.17, 15) is 13.2 Å². The van der Waals surface area contributed by atoms with Gasteiger partial charge in [0.15, 0.2) is 5.69 Å². The topological polar surface area (TPSA) is 47.0 Å². The van der Waals surface area contributed by atoms with Crippen molar-refractivity contribution in [1.29, 1.82) is 0 Å². The molecule has 2 aromatic rings. The molecule has 0 aliphatic rings. The Balaban J connectivity index is 2.35. The van der Waals surface area contributed by atoms with Crippen molar-refractivity contribution < 1.29 is 17.9 Å². The summed E-state index contributed by atoms with van der Waals surface area (Å²) >= 11 is 5.79. The van der Waals surface area contributed by atoms with Crippen LogP contribution < -0.4 is 10.1 Å². The molecule has 1 aromatic carbocycles. The highest BCUT2D eigenvalue weighted by Gasteiger charge is 2.34. The van der Waals surface area contributed by atoms with Gasteiger partial charge in [0.05, 0.1) is 0 Å². The van der Waals surface area contributed by atoms with Gasteiger partial charge in [0, 0.05) is 17.6 Å². The number of hydrogen-bond acceptors (Lipinski definition) is 4. The molecule has 0 fully saturated rings. The molecule has 0 spiro atoms. The minimum Gasteiger partial charge on any atom is -0.439 e. The van der Waals surface area contributed by atoms with E-state index in [-0.39, 0.29) is 17.6 Å². The first-order valence-corrected chi connectivity index (χ1v) is 6.40. The van der Waals surface area contributed by atoms with Crippen LogP contribution in [0.25, 0.3) is 0 Å². The summed E-state index contributed by atoms with van der Waals surface area (Å²) in [6, 6.07) is 7.02. The quantitative estimate of drug-likeness (QED) is 0.909. The zero-order chi connectivity index (χ0) is 15.5. The molecule has 1 heterocycles. The number of alkyl halides is 3. The lowest BCUT2D eigenvalue weighted by Gasteiger charge is -2.11. The maximum atomic E-state index is 12.8. The normalized spacial score (nSPS) is 11.3. The van der Waals surface area contributed by atoms with E-state index in [0.717, 1.165) is 6.07 Å². The fourth-order valence-corrected chi connectivity index (χ4v) is 1.69. The Hall–Kier alpha value is -2.02. The van der Waals surface area contributed by atoms with Crippen LogP contribution in [-0.2, 0) is 6.18 Å². The highest BCUT2D eigenvalue weighted by molar-refractivity contribution is 6.30. The number of nitrogens with one attached hydrogen (secondary N) is 1. The van der Waals surface area contributed by atoms with Gasteiger partial charge in [0.2, 0.25) is 11.8 Å². The maximum Gasteiger partial charge on any atom is 0.433 e. The predicted molar refractivity (Wildman–Crippen MR) is 72.7 cm³/mol. The van der Waals surface area contributed by atoms with E-state index in [2.05, 4.69) is 15.3 Å². The van der Waals surface area contributed by atoms with Gasteiger partial charge in [-0.25, -0.2) is 4.98 Å². The lowest BCUT2D eigenvalue weighted by Crippen LogP contribution is -2.12. The number of rotatable bonds is 4. The van der Waals surface area contributed by atoms with Crippen molar-refractivity contribution in [2.75, 3.05) is 11.9 Å². The lowest BCUT2D eigenvalue weighted by atomic mass is 10.3. The van der Waals surface area contributed by atoms with Crippen molar-refractivity contribution >= 4 is 17.5 Å². The summed E-state index contributed by atoms with van der Waals surface area (Å²) in [5, 5.41) is 3.04. The molecular formula is C13H11ClF3N3O. The molecule has 0 radical (unpaired) electrons. The Labute approximate surface area is 123 Å². The SMILES string of the molecule is CCNc1nc(Oc2cccc(Cl)c2)cc(C(F)(F)F)n1. The van der Waals surface area contributed by atoms with Crippen LogP contribution in [0.2, 0.25) is 5.02 Å². The monoisotopic (exact) mass is 317 g/mol. The van der Waals surface area contributed by atoms with Gasteiger partial charge in [0.1, 0.15) is 5.75 Å². The predicted octanol–water partition coefficient (Wildman–Crippen LogP) is 4.37. The molecule has 4 nitrogen and oxygen atoms in total. The van der Waals surface area contributed by atoms with E-state index in [0.29, 0.717) is 11.6 Å². The number of nitrogens with zero attached hydrogens (tertiary/aromatic N) is 2. The molecule has 0 aliphatic heterocycles. The second-order valence-corrected chi connectivity index (χ2v) is 4.44. The molecule has 0 saturated heterocycles. The van der Waals surface area contributed by atoms with Crippen molar-refractivity contribution in [2.45, 2.75) is 13.1 Å². The van der Waals surface area contributed by atoms with Gasteiger partial charge in [-0.05, 0) is 25.1 Å². The van der Waals surface area contributed by atoms with Crippen LogP contribution in [-0.4, -0.2) is 16.5 Å². The number of aromatic nitrogens is 2. The van der Waals surface area contributed by atoms with Gasteiger partial charge in [-0.2, -0.15) is 18.2 Å². The minimum atomic E-state index is -4.58. The van der Waals surface area contributed by atoms with Crippen LogP contribution in [0.1, 0.15) is 12.6 Å². The molecule has 2 rings (SSSR count). The number of benzene rings is 1. The third-order valence-corrected chi connectivity index (χ3v) is 2.58. The molecule has 1 N–H and O–H groups in total. The largest absolute Gasteiger partial charge is 0.439 e. The van der Waals surface area contributed by atoms with Crippen molar-refractivity contribution in [3.8, 4) is 11.6 Å². The van der Waals surface area contributed by atoms with Crippen LogP contribution in [0, 0.1) is 0 Å². The van der Waals surface area contributed by atoms with Gasteiger partial charge in [-0.3, -0.25) is 0 Å². The van der Waals surface area contributed by atoms with Crippen LogP contribution >= 0.6 is 11.6 Å². The number of anilines is 1. The lowest BCUT2D eigenvalue weighted by molar-refractivity contribution is -0.141. The number of ether oxygens (including phenoxy) is 1. The molecule has 8 heteroatoms. The first kappa shape index (κ1) is 15.4. The molecule has 0 unspecified atom stereocenters. The van der Waals surface area contributed by atoms with Gasteiger partial charge in [-0.15, -0.1) is 0 Å². The molecule has 0 bridgehead atoms. The Morgan fingerprint density at radius 2 is 2.00 bits per heavy atom. The summed E-state index contributed by atoms with van der Waals surface area (Å²) in [4.78, 5) is 7.27. The molecule has 21 heavy (non-hydrogen) atoms. The first-order valence-electron chi connectivity index (χ1n) is 6.02. The van der Waals surface area contributed by atoms with Gasteiger partial charge in [0.25, 0.3) is 0 Å². The van der Waals surface area contributed by atoms with Gasteiger partial charge < -0.3 is 10.1 Å². The summed E-state index contributed by atoms with van der Waals surface area (Å²) in [6.45, 7) is 2.11. The average Bonchev–Trinajstić information content (AvgIpc) is 2.37. The van der Waals surface area contributed by atoms with E-state index in [1.54, 1.807) is 25.1 Å². The van der Waals surface area contributed by atoms with E-state index in [4.69, 9.17) is 16.3 Å². The number of hydrogen-bond donors (Lipinski definition) is 1. The van der Waals surface area contributed by atoms with Gasteiger partial charge in [-0.1, -0.05) is 17.7 Å². The zero-order valence-electron chi connectivity index (χ0n) is 10.9. The molecule has 0 atom stereocenters. The van der Waals surface area contributed by atoms with Crippen LogP contribution in [0.15, 0.2) is 30.3 Å². The molecule has 1 aromatic heterocycles. The van der Waals surface area contributed by atoms with Crippen LogP contribution in [0.5, 0.6) is 11.6 Å². The summed E-state index contributed by atoms with van der Waals surface area (Å²) in [7, 11) is 0. The Morgan fingerprint density at radius 3 is 2.62 bits per heavy atom. The smallest absolute Gasteiger partial charge is 0.433 e. The molecule has 0 saturated carbocycles. The standard InChI is InChI=1S/C13H11ClF3N3O/c1-2-18-12-19-10(13(15,16)17)7-11(20-12)21-9-5-3-4-8(14)6-9/h3-7H,2H2,1H3,(H,18,19,20). The Morgan fingerprint density at radius 1 is 1.24 bits per heavy atom. The van der Waals surface area contributed by atoms with E-state index in [1.807, 2.05) is 0 Å². The van der Waals surface area contributed by atoms with Gasteiger partial charge >= 0.3 is 6.18 Å². The minimum absolute atomic E-state index is 0.149. The maximum absolute atomic E-state index is 12.8. The summed E-state index contributed by atoms with van der Waals surface area (Å²) in [6.07, 6.45) is -4.58. The third-order valence-electron chi connectivity index (χ3n) is 2.35. The molecule has 112 valence electrons. The fraction of sp³-hybridized carbons (Fsp3) is 0.231. The molecular weight excluding hydrogens is 307 g/mol. The van der Waals surface area contributed by atoms with E-state index >= 15 is 0 Å². The summed E-state index contributed by atoms with van der Waals surface area (Å²) in [5.41, 5.74) is -1.08. The van der Waals surface area contributed by atoms with Crippen molar-refractivity contribution in [2.24, 2.45) is 0 Å². The summed E-state index contributed by atoms with van der Waals surface area (Å²) in [5.74, 6) is -0.0725. The van der Waals surface area contributed by atoms with Crippen LogP contribution in [0.3, 0.4) is 0 Å². The second kappa shape index (κ2) is 6.17. The summed E-state index contributed by atoms with van der Waals surface area (Å²) < 4.78 is 43.7. The zero-order valence-corrected chi connectivity index (χ0v) is 11.7. The highest BCUT2D eigenvalue weighted by atomic mass is 35.5. The highest BCUT2D eigenvalue weighted by Crippen LogP contribution is 2.32. The van der Waals surface area contributed by atoms with Crippen molar-refractivity contribution in [3.05, 3.63) is 41.0 Å². The third kappa shape index (κ3) is 4.22. The average molecular weight is 318 g/mol. The first-order chi connectivity index (χ1) is 9.88. The number of halogens is 4. The fourth-order valence-electron chi connectivity index (χ4n) is 1.51. The van der Waals surface area contributed by atoms with E-state index < -0.39 is 11.9 Å². The van der Waals surface area contributed by atoms with Crippen LogP contribution in [0.4, 0.5) is 19.1 Å². The molecule has 0 amide bonds. The second-order valence-electron chi connectivity index (χ2n) is 4.00. The Kier molecular flexibility index (Phi) is 4.52. The molecule has 0 aliphatic carbocycles. The van der Waals surface area contributed by atoms with Crippen molar-refractivity contribution in [1.82, 2.24) is 9.97 Å².